The Morgan fingerprint density at radius 3 is 2.64 bits per heavy atom. The molecule has 4 rings (SSSR count). The number of anilines is 2. The Balaban J connectivity index is 1.54. The van der Waals surface area contributed by atoms with Crippen molar-refractivity contribution in [2.75, 3.05) is 5.32 Å². The maximum atomic E-state index is 12.4. The van der Waals surface area contributed by atoms with Gasteiger partial charge in [-0.3, -0.25) is 0 Å². The fourth-order valence-electron chi connectivity index (χ4n) is 2.67. The molecule has 0 unspecified atom stereocenters. The number of para-hydroxylation sites is 1. The van der Waals surface area contributed by atoms with Gasteiger partial charge in [-0.2, -0.15) is 4.98 Å². The summed E-state index contributed by atoms with van der Waals surface area (Å²) in [5, 5.41) is 4.62. The lowest BCUT2D eigenvalue weighted by Crippen LogP contribution is -2.04. The normalized spacial score (nSPS) is 10.8. The number of aryl methyl sites for hydroxylation is 1. The van der Waals surface area contributed by atoms with Crippen molar-refractivity contribution in [1.29, 1.82) is 0 Å². The Labute approximate surface area is 170 Å². The van der Waals surface area contributed by atoms with E-state index in [4.69, 9.17) is 16.3 Å². The van der Waals surface area contributed by atoms with E-state index in [0.717, 1.165) is 16.5 Å². The van der Waals surface area contributed by atoms with E-state index in [1.54, 1.807) is 6.92 Å². The van der Waals surface area contributed by atoms with Crippen molar-refractivity contribution in [2.45, 2.75) is 13.5 Å². The molecule has 0 aliphatic carbocycles. The Hall–Kier alpha value is -3.03. The summed E-state index contributed by atoms with van der Waals surface area (Å²) in [6, 6.07) is 17.1. The molecule has 0 saturated heterocycles. The van der Waals surface area contributed by atoms with Gasteiger partial charge in [0.05, 0.1) is 11.2 Å². The van der Waals surface area contributed by atoms with Crippen LogP contribution in [0.15, 0.2) is 54.6 Å². The van der Waals surface area contributed by atoms with Crippen LogP contribution < -0.4 is 5.32 Å². The van der Waals surface area contributed by atoms with E-state index in [1.165, 1.54) is 11.3 Å². The van der Waals surface area contributed by atoms with Crippen LogP contribution in [0.2, 0.25) is 5.28 Å². The minimum Gasteiger partial charge on any atom is -0.457 e. The van der Waals surface area contributed by atoms with Gasteiger partial charge in [0.1, 0.15) is 17.3 Å². The molecule has 0 atom stereocenters. The van der Waals surface area contributed by atoms with Crippen molar-refractivity contribution in [2.24, 2.45) is 0 Å². The minimum absolute atomic E-state index is 0.136. The van der Waals surface area contributed by atoms with Crippen LogP contribution in [0.5, 0.6) is 0 Å². The predicted molar refractivity (Wildman–Crippen MR) is 110 cm³/mol. The molecule has 0 amide bonds. The van der Waals surface area contributed by atoms with Crippen molar-refractivity contribution in [3.8, 4) is 0 Å². The zero-order chi connectivity index (χ0) is 19.5. The predicted octanol–water partition coefficient (Wildman–Crippen LogP) is 5.15. The Morgan fingerprint density at radius 2 is 1.82 bits per heavy atom. The van der Waals surface area contributed by atoms with E-state index in [9.17, 15) is 4.79 Å². The SMILES string of the molecule is Cc1nc(Nc2nc(Cl)nc3ccccc23)sc1C(=O)OCc1ccccc1. The minimum atomic E-state index is -0.405. The Bertz CT molecular complexity index is 1150. The molecule has 0 saturated carbocycles. The molecule has 2 aromatic carbocycles. The van der Waals surface area contributed by atoms with E-state index in [0.29, 0.717) is 21.5 Å². The largest absolute Gasteiger partial charge is 0.457 e. The molecule has 0 bridgehead atoms. The number of nitrogens with zero attached hydrogens (tertiary/aromatic N) is 3. The van der Waals surface area contributed by atoms with E-state index in [1.807, 2.05) is 54.6 Å². The quantitative estimate of drug-likeness (QED) is 0.362. The lowest BCUT2D eigenvalue weighted by atomic mass is 10.2. The fraction of sp³-hybridized carbons (Fsp3) is 0.100. The Kier molecular flexibility index (Phi) is 5.18. The van der Waals surface area contributed by atoms with Crippen LogP contribution in [0.1, 0.15) is 20.9 Å². The van der Waals surface area contributed by atoms with Crippen molar-refractivity contribution in [3.63, 3.8) is 0 Å². The Morgan fingerprint density at radius 1 is 1.07 bits per heavy atom. The van der Waals surface area contributed by atoms with Gasteiger partial charge in [-0.1, -0.05) is 53.8 Å². The molecule has 2 aromatic heterocycles. The van der Waals surface area contributed by atoms with Crippen molar-refractivity contribution < 1.29 is 9.53 Å². The van der Waals surface area contributed by atoms with Crippen LogP contribution in [-0.2, 0) is 11.3 Å². The number of aromatic nitrogens is 3. The second-order valence-electron chi connectivity index (χ2n) is 5.98. The van der Waals surface area contributed by atoms with Crippen molar-refractivity contribution >= 4 is 50.8 Å². The second kappa shape index (κ2) is 7.92. The highest BCUT2D eigenvalue weighted by Crippen LogP contribution is 2.29. The fourth-order valence-corrected chi connectivity index (χ4v) is 3.71. The molecular weight excluding hydrogens is 396 g/mol. The molecule has 0 aliphatic rings. The molecule has 0 fully saturated rings. The maximum absolute atomic E-state index is 12.4. The molecule has 1 N–H and O–H groups in total. The summed E-state index contributed by atoms with van der Waals surface area (Å²) in [6.07, 6.45) is 0. The summed E-state index contributed by atoms with van der Waals surface area (Å²) in [5.41, 5.74) is 2.24. The second-order valence-corrected chi connectivity index (χ2v) is 7.32. The number of carbonyl (C=O) groups excluding carboxylic acids is 1. The number of hydrogen-bond donors (Lipinski definition) is 1. The lowest BCUT2D eigenvalue weighted by molar-refractivity contribution is 0.0477. The number of benzene rings is 2. The number of thiazole rings is 1. The topological polar surface area (TPSA) is 77.0 Å². The van der Waals surface area contributed by atoms with Gasteiger partial charge in [-0.05, 0) is 36.2 Å². The van der Waals surface area contributed by atoms with Crippen LogP contribution in [0.3, 0.4) is 0 Å². The number of nitrogens with one attached hydrogen (secondary N) is 1. The van der Waals surface area contributed by atoms with Gasteiger partial charge >= 0.3 is 5.97 Å². The summed E-state index contributed by atoms with van der Waals surface area (Å²) in [5.74, 6) is 0.131. The molecule has 6 nitrogen and oxygen atoms in total. The van der Waals surface area contributed by atoms with Crippen LogP contribution in [0, 0.1) is 6.92 Å². The summed E-state index contributed by atoms with van der Waals surface area (Å²) in [7, 11) is 0. The molecule has 4 aromatic rings. The molecule has 28 heavy (non-hydrogen) atoms. The molecule has 0 aliphatic heterocycles. The maximum Gasteiger partial charge on any atom is 0.350 e. The van der Waals surface area contributed by atoms with Crippen molar-refractivity contribution in [1.82, 2.24) is 15.0 Å². The number of carbonyl (C=O) groups is 1. The average molecular weight is 411 g/mol. The first kappa shape index (κ1) is 18.3. The van der Waals surface area contributed by atoms with Crippen LogP contribution in [-0.4, -0.2) is 20.9 Å². The molecular formula is C20H15ClN4O2S. The van der Waals surface area contributed by atoms with Crippen LogP contribution >= 0.6 is 22.9 Å². The first-order valence-electron chi connectivity index (χ1n) is 8.48. The number of esters is 1. The average Bonchev–Trinajstić information content (AvgIpc) is 3.07. The third kappa shape index (κ3) is 3.95. The van der Waals surface area contributed by atoms with E-state index in [-0.39, 0.29) is 11.9 Å². The summed E-state index contributed by atoms with van der Waals surface area (Å²) >= 11 is 7.23. The van der Waals surface area contributed by atoms with Gasteiger partial charge in [0, 0.05) is 5.39 Å². The first-order chi connectivity index (χ1) is 13.6. The smallest absolute Gasteiger partial charge is 0.350 e. The molecule has 0 radical (unpaired) electrons. The highest BCUT2D eigenvalue weighted by atomic mass is 35.5. The van der Waals surface area contributed by atoms with E-state index >= 15 is 0 Å². The summed E-state index contributed by atoms with van der Waals surface area (Å²) in [6.45, 7) is 1.98. The summed E-state index contributed by atoms with van der Waals surface area (Å²) < 4.78 is 5.40. The van der Waals surface area contributed by atoms with Gasteiger partial charge < -0.3 is 10.1 Å². The highest BCUT2D eigenvalue weighted by molar-refractivity contribution is 7.17. The van der Waals surface area contributed by atoms with Crippen LogP contribution in [0.4, 0.5) is 10.9 Å². The first-order valence-corrected chi connectivity index (χ1v) is 9.67. The van der Waals surface area contributed by atoms with Gasteiger partial charge in [0.15, 0.2) is 5.13 Å². The number of rotatable bonds is 5. The highest BCUT2D eigenvalue weighted by Gasteiger charge is 2.18. The third-order valence-corrected chi connectivity index (χ3v) is 5.22. The molecule has 8 heteroatoms. The summed E-state index contributed by atoms with van der Waals surface area (Å²) in [4.78, 5) is 25.8. The van der Waals surface area contributed by atoms with Gasteiger partial charge in [0.2, 0.25) is 5.28 Å². The third-order valence-electron chi connectivity index (χ3n) is 4.00. The molecule has 140 valence electrons. The number of ether oxygens (including phenoxy) is 1. The standard InChI is InChI=1S/C20H15ClN4O2S/c1-12-16(18(26)27-11-13-7-3-2-4-8-13)28-20(22-12)25-17-14-9-5-6-10-15(14)23-19(21)24-17/h2-10H,11H2,1H3,(H,22,23,24,25). The lowest BCUT2D eigenvalue weighted by Gasteiger charge is -2.06. The van der Waals surface area contributed by atoms with Gasteiger partial charge in [-0.25, -0.2) is 14.8 Å². The van der Waals surface area contributed by atoms with Crippen LogP contribution in [0.25, 0.3) is 10.9 Å². The molecule has 2 heterocycles. The van der Waals surface area contributed by atoms with E-state index in [2.05, 4.69) is 20.3 Å². The monoisotopic (exact) mass is 410 g/mol. The van der Waals surface area contributed by atoms with Crippen molar-refractivity contribution in [3.05, 3.63) is 76.0 Å². The number of fused-ring (bicyclic) bond motifs is 1. The molecule has 0 spiro atoms. The number of halogens is 1. The van der Waals surface area contributed by atoms with Gasteiger partial charge in [0.25, 0.3) is 0 Å². The van der Waals surface area contributed by atoms with Gasteiger partial charge in [-0.15, -0.1) is 0 Å². The number of hydrogen-bond acceptors (Lipinski definition) is 7. The zero-order valence-corrected chi connectivity index (χ0v) is 16.4. The van der Waals surface area contributed by atoms with E-state index < -0.39 is 5.97 Å². The zero-order valence-electron chi connectivity index (χ0n) is 14.8.